The first-order chi connectivity index (χ1) is 12.0. The summed E-state index contributed by atoms with van der Waals surface area (Å²) in [5, 5.41) is 2.79. The molecule has 6 heteroatoms. The van der Waals surface area contributed by atoms with Gasteiger partial charge in [-0.25, -0.2) is 8.42 Å². The van der Waals surface area contributed by atoms with Gasteiger partial charge < -0.3 is 5.32 Å². The van der Waals surface area contributed by atoms with Gasteiger partial charge in [-0.2, -0.15) is 4.31 Å². The molecule has 0 saturated carbocycles. The molecule has 0 aliphatic carbocycles. The largest absolute Gasteiger partial charge is 0.322 e. The van der Waals surface area contributed by atoms with Crippen molar-refractivity contribution >= 4 is 21.6 Å². The van der Waals surface area contributed by atoms with Crippen molar-refractivity contribution in [1.29, 1.82) is 0 Å². The van der Waals surface area contributed by atoms with Gasteiger partial charge in [-0.15, -0.1) is 0 Å². The summed E-state index contributed by atoms with van der Waals surface area (Å²) in [6, 6.07) is 13.6. The van der Waals surface area contributed by atoms with Crippen LogP contribution in [0.15, 0.2) is 53.4 Å². The zero-order valence-electron chi connectivity index (χ0n) is 14.2. The Balaban J connectivity index is 1.71. The lowest BCUT2D eigenvalue weighted by molar-refractivity contribution is 0.102. The minimum atomic E-state index is -3.44. The molecular formula is C19H22N2O3S. The predicted octanol–water partition coefficient (Wildman–Crippen LogP) is 3.42. The fourth-order valence-corrected chi connectivity index (χ4v) is 4.39. The highest BCUT2D eigenvalue weighted by Gasteiger charge is 2.25. The maximum absolute atomic E-state index is 12.6. The Labute approximate surface area is 148 Å². The normalized spacial score (nSPS) is 15.7. The van der Waals surface area contributed by atoms with Crippen molar-refractivity contribution in [3.05, 3.63) is 59.7 Å². The van der Waals surface area contributed by atoms with Crippen LogP contribution in [0.3, 0.4) is 0 Å². The van der Waals surface area contributed by atoms with Crippen LogP contribution in [0.1, 0.15) is 35.2 Å². The van der Waals surface area contributed by atoms with E-state index in [1.807, 2.05) is 19.1 Å². The Morgan fingerprint density at radius 1 is 0.920 bits per heavy atom. The van der Waals surface area contributed by atoms with Gasteiger partial charge in [0, 0.05) is 24.3 Å². The number of amides is 1. The molecule has 1 heterocycles. The Hall–Kier alpha value is -2.18. The number of aryl methyl sites for hydroxylation is 1. The van der Waals surface area contributed by atoms with Crippen molar-refractivity contribution in [2.45, 2.75) is 31.1 Å². The molecule has 1 fully saturated rings. The summed E-state index contributed by atoms with van der Waals surface area (Å²) in [5.41, 5.74) is 2.22. The Bertz CT molecular complexity index is 837. The standard InChI is InChI=1S/C19H22N2O3S/c1-15-5-7-16(8-6-15)19(22)20-17-9-11-18(12-10-17)25(23,24)21-13-3-2-4-14-21/h5-12H,2-4,13-14H2,1H3,(H,20,22). The van der Waals surface area contributed by atoms with Gasteiger partial charge in [-0.3, -0.25) is 4.79 Å². The fourth-order valence-electron chi connectivity index (χ4n) is 2.87. The molecule has 0 radical (unpaired) electrons. The third-order valence-corrected chi connectivity index (χ3v) is 6.29. The smallest absolute Gasteiger partial charge is 0.255 e. The molecule has 5 nitrogen and oxygen atoms in total. The van der Waals surface area contributed by atoms with Crippen LogP contribution in [0.4, 0.5) is 5.69 Å². The number of hydrogen-bond donors (Lipinski definition) is 1. The number of nitrogens with zero attached hydrogens (tertiary/aromatic N) is 1. The summed E-state index contributed by atoms with van der Waals surface area (Å²) >= 11 is 0. The molecule has 25 heavy (non-hydrogen) atoms. The molecule has 3 rings (SSSR count). The molecule has 0 aromatic heterocycles. The van der Waals surface area contributed by atoms with Crippen molar-refractivity contribution < 1.29 is 13.2 Å². The van der Waals surface area contributed by atoms with Crippen LogP contribution >= 0.6 is 0 Å². The average molecular weight is 358 g/mol. The number of carbonyl (C=O) groups excluding carboxylic acids is 1. The number of rotatable bonds is 4. The molecule has 1 saturated heterocycles. The summed E-state index contributed by atoms with van der Waals surface area (Å²) in [6.07, 6.45) is 2.89. The summed E-state index contributed by atoms with van der Waals surface area (Å²) < 4.78 is 26.8. The van der Waals surface area contributed by atoms with Crippen LogP contribution in [-0.4, -0.2) is 31.7 Å². The van der Waals surface area contributed by atoms with Gasteiger partial charge in [0.05, 0.1) is 4.90 Å². The Morgan fingerprint density at radius 3 is 2.12 bits per heavy atom. The number of hydrogen-bond acceptors (Lipinski definition) is 3. The van der Waals surface area contributed by atoms with Crippen LogP contribution in [0.5, 0.6) is 0 Å². The quantitative estimate of drug-likeness (QED) is 0.911. The molecule has 0 bridgehead atoms. The summed E-state index contributed by atoms with van der Waals surface area (Å²) in [5.74, 6) is -0.216. The summed E-state index contributed by atoms with van der Waals surface area (Å²) in [6.45, 7) is 3.12. The maximum atomic E-state index is 12.6. The van der Waals surface area contributed by atoms with Gasteiger partial charge >= 0.3 is 0 Å². The lowest BCUT2D eigenvalue weighted by atomic mass is 10.1. The second-order valence-corrected chi connectivity index (χ2v) is 8.25. The highest BCUT2D eigenvalue weighted by molar-refractivity contribution is 7.89. The molecule has 1 aliphatic heterocycles. The maximum Gasteiger partial charge on any atom is 0.255 e. The Kier molecular flexibility index (Phi) is 5.20. The van der Waals surface area contributed by atoms with Gasteiger partial charge in [0.15, 0.2) is 0 Å². The second-order valence-electron chi connectivity index (χ2n) is 6.31. The molecule has 132 valence electrons. The van der Waals surface area contributed by atoms with Crippen LogP contribution in [0, 0.1) is 6.92 Å². The van der Waals surface area contributed by atoms with Crippen LogP contribution in [0.25, 0.3) is 0 Å². The van der Waals surface area contributed by atoms with Crippen LogP contribution in [-0.2, 0) is 10.0 Å². The van der Waals surface area contributed by atoms with Gasteiger partial charge in [0.1, 0.15) is 0 Å². The van der Waals surface area contributed by atoms with Gasteiger partial charge in [0.2, 0.25) is 10.0 Å². The number of benzene rings is 2. The van der Waals surface area contributed by atoms with E-state index in [0.29, 0.717) is 24.3 Å². The molecule has 0 atom stereocenters. The molecule has 2 aromatic carbocycles. The minimum absolute atomic E-state index is 0.216. The molecule has 2 aromatic rings. The highest BCUT2D eigenvalue weighted by atomic mass is 32.2. The van der Waals surface area contributed by atoms with E-state index in [2.05, 4.69) is 5.32 Å². The molecular weight excluding hydrogens is 336 g/mol. The zero-order valence-corrected chi connectivity index (χ0v) is 15.1. The first-order valence-corrected chi connectivity index (χ1v) is 9.89. The summed E-state index contributed by atoms with van der Waals surface area (Å²) in [4.78, 5) is 12.5. The zero-order chi connectivity index (χ0) is 17.9. The van der Waals surface area contributed by atoms with E-state index < -0.39 is 10.0 Å². The predicted molar refractivity (Wildman–Crippen MR) is 98.2 cm³/mol. The van der Waals surface area contributed by atoms with E-state index >= 15 is 0 Å². The van der Waals surface area contributed by atoms with Crippen molar-refractivity contribution in [3.63, 3.8) is 0 Å². The monoisotopic (exact) mass is 358 g/mol. The third-order valence-electron chi connectivity index (χ3n) is 4.38. The number of anilines is 1. The fraction of sp³-hybridized carbons (Fsp3) is 0.316. The van der Waals surface area contributed by atoms with Gasteiger partial charge in [-0.1, -0.05) is 24.1 Å². The van der Waals surface area contributed by atoms with Crippen molar-refractivity contribution in [2.75, 3.05) is 18.4 Å². The average Bonchev–Trinajstić information content (AvgIpc) is 2.63. The van der Waals surface area contributed by atoms with Gasteiger partial charge in [-0.05, 0) is 56.2 Å². The highest BCUT2D eigenvalue weighted by Crippen LogP contribution is 2.22. The molecule has 0 unspecified atom stereocenters. The van der Waals surface area contributed by atoms with E-state index in [1.165, 1.54) is 4.31 Å². The van der Waals surface area contributed by atoms with Crippen LogP contribution < -0.4 is 5.32 Å². The number of sulfonamides is 1. The van der Waals surface area contributed by atoms with E-state index in [4.69, 9.17) is 0 Å². The van der Waals surface area contributed by atoms with E-state index in [9.17, 15) is 13.2 Å². The molecule has 0 spiro atoms. The third kappa shape index (κ3) is 4.08. The van der Waals surface area contributed by atoms with Crippen molar-refractivity contribution in [3.8, 4) is 0 Å². The molecule has 1 aliphatic rings. The number of nitrogens with one attached hydrogen (secondary N) is 1. The van der Waals surface area contributed by atoms with Gasteiger partial charge in [0.25, 0.3) is 5.91 Å². The molecule has 1 N–H and O–H groups in total. The topological polar surface area (TPSA) is 66.5 Å². The minimum Gasteiger partial charge on any atom is -0.322 e. The van der Waals surface area contributed by atoms with Crippen molar-refractivity contribution in [1.82, 2.24) is 4.31 Å². The second kappa shape index (κ2) is 7.37. The van der Waals surface area contributed by atoms with Crippen LogP contribution in [0.2, 0.25) is 0 Å². The SMILES string of the molecule is Cc1ccc(C(=O)Nc2ccc(S(=O)(=O)N3CCCCC3)cc2)cc1. The Morgan fingerprint density at radius 2 is 1.52 bits per heavy atom. The van der Waals surface area contributed by atoms with E-state index in [1.54, 1.807) is 36.4 Å². The first-order valence-electron chi connectivity index (χ1n) is 8.45. The van der Waals surface area contributed by atoms with Crippen molar-refractivity contribution in [2.24, 2.45) is 0 Å². The molecule has 1 amide bonds. The number of carbonyl (C=O) groups is 1. The lowest BCUT2D eigenvalue weighted by Gasteiger charge is -2.25. The van der Waals surface area contributed by atoms with E-state index in [0.717, 1.165) is 24.8 Å². The first kappa shape index (κ1) is 17.6. The lowest BCUT2D eigenvalue weighted by Crippen LogP contribution is -2.35. The number of piperidine rings is 1. The summed E-state index contributed by atoms with van der Waals surface area (Å²) in [7, 11) is -3.44. The van der Waals surface area contributed by atoms with E-state index in [-0.39, 0.29) is 10.8 Å².